The highest BCUT2D eigenvalue weighted by Crippen LogP contribution is 2.43. The van der Waals surface area contributed by atoms with Crippen molar-refractivity contribution in [3.8, 4) is 6.07 Å². The number of nitriles is 1. The lowest BCUT2D eigenvalue weighted by Crippen LogP contribution is -2.78. The fourth-order valence-electron chi connectivity index (χ4n) is 3.85. The molecule has 2 saturated heterocycles. The molecule has 1 amide bonds. The van der Waals surface area contributed by atoms with Crippen LogP contribution in [0.3, 0.4) is 0 Å². The minimum atomic E-state index is -1.52. The molecule has 3 rings (SSSR count). The van der Waals surface area contributed by atoms with Crippen LogP contribution in [0.1, 0.15) is 50.4 Å². The van der Waals surface area contributed by atoms with Crippen molar-refractivity contribution >= 4 is 12.1 Å². The summed E-state index contributed by atoms with van der Waals surface area (Å²) in [6, 6.07) is 10.7. The Hall–Kier alpha value is -2.63. The van der Waals surface area contributed by atoms with Gasteiger partial charge in [-0.3, -0.25) is 4.90 Å². The van der Waals surface area contributed by atoms with Crippen molar-refractivity contribution in [3.63, 3.8) is 0 Å². The van der Waals surface area contributed by atoms with Crippen LogP contribution in [-0.2, 0) is 9.57 Å². The van der Waals surface area contributed by atoms with Gasteiger partial charge in [0.25, 0.3) is 0 Å². The Kier molecular flexibility index (Phi) is 5.57. The van der Waals surface area contributed by atoms with Gasteiger partial charge in [-0.2, -0.15) is 5.26 Å². The maximum Gasteiger partial charge on any atom is 0.411 e. The third-order valence-electron chi connectivity index (χ3n) is 5.30. The quantitative estimate of drug-likeness (QED) is 0.830. The first-order valence-electron chi connectivity index (χ1n) is 9.77. The number of likely N-dealkylation sites (tertiary alicyclic amines) is 1. The minimum absolute atomic E-state index is 0.0571. The van der Waals surface area contributed by atoms with Crippen LogP contribution < -0.4 is 0 Å². The SMILES string of the molecule is CC(C)(C)OC(=O)N1CCCCC1(C#N)C1(O)CN(OC(=O)c2ccccc2)C1. The number of hydrogen-bond donors (Lipinski definition) is 1. The van der Waals surface area contributed by atoms with E-state index in [2.05, 4.69) is 6.07 Å². The predicted molar refractivity (Wildman–Crippen MR) is 104 cm³/mol. The Morgan fingerprint density at radius 3 is 2.41 bits per heavy atom. The molecular formula is C21H27N3O5. The van der Waals surface area contributed by atoms with E-state index in [1.165, 1.54) is 9.96 Å². The summed E-state index contributed by atoms with van der Waals surface area (Å²) in [6.07, 6.45) is 1.15. The molecule has 0 aromatic heterocycles. The number of aliphatic hydroxyl groups is 1. The number of amides is 1. The number of hydroxylamine groups is 2. The zero-order chi connectivity index (χ0) is 21.3. The summed E-state index contributed by atoms with van der Waals surface area (Å²) < 4.78 is 5.47. The van der Waals surface area contributed by atoms with Gasteiger partial charge in [-0.25, -0.2) is 9.59 Å². The van der Waals surface area contributed by atoms with E-state index in [0.29, 0.717) is 24.9 Å². The van der Waals surface area contributed by atoms with Gasteiger partial charge in [0.1, 0.15) is 11.2 Å². The van der Waals surface area contributed by atoms with E-state index >= 15 is 0 Å². The highest BCUT2D eigenvalue weighted by molar-refractivity contribution is 5.89. The molecule has 1 atom stereocenters. The Balaban J connectivity index is 1.73. The Morgan fingerprint density at radius 2 is 1.83 bits per heavy atom. The number of piperidine rings is 1. The van der Waals surface area contributed by atoms with Gasteiger partial charge >= 0.3 is 12.1 Å². The highest BCUT2D eigenvalue weighted by atomic mass is 16.7. The summed E-state index contributed by atoms with van der Waals surface area (Å²) in [7, 11) is 0. The van der Waals surface area contributed by atoms with Gasteiger partial charge < -0.3 is 14.7 Å². The van der Waals surface area contributed by atoms with Gasteiger partial charge in [0, 0.05) is 6.54 Å². The average molecular weight is 401 g/mol. The number of β-amino-alcohol motifs (C(OH)–C–C–N with tert-alkyl or cyclic N) is 1. The van der Waals surface area contributed by atoms with E-state index in [0.717, 1.165) is 6.42 Å². The van der Waals surface area contributed by atoms with Gasteiger partial charge in [-0.1, -0.05) is 18.2 Å². The van der Waals surface area contributed by atoms with Crippen molar-refractivity contribution in [3.05, 3.63) is 35.9 Å². The molecule has 0 bridgehead atoms. The molecule has 2 fully saturated rings. The molecule has 8 nitrogen and oxygen atoms in total. The number of nitrogens with zero attached hydrogens (tertiary/aromatic N) is 3. The normalized spacial score (nSPS) is 24.2. The van der Waals surface area contributed by atoms with Crippen LogP contribution in [0.2, 0.25) is 0 Å². The molecule has 0 saturated carbocycles. The first-order valence-corrected chi connectivity index (χ1v) is 9.77. The van der Waals surface area contributed by atoms with Gasteiger partial charge in [0.05, 0.1) is 24.7 Å². The molecule has 29 heavy (non-hydrogen) atoms. The number of rotatable bonds is 3. The van der Waals surface area contributed by atoms with Crippen molar-refractivity contribution in [2.75, 3.05) is 19.6 Å². The van der Waals surface area contributed by atoms with Gasteiger partial charge in [-0.05, 0) is 52.2 Å². The van der Waals surface area contributed by atoms with E-state index in [1.54, 1.807) is 51.1 Å². The summed E-state index contributed by atoms with van der Waals surface area (Å²) in [5.41, 5.74) is -3.26. The van der Waals surface area contributed by atoms with E-state index in [4.69, 9.17) is 9.57 Å². The van der Waals surface area contributed by atoms with Crippen LogP contribution in [-0.4, -0.2) is 63.5 Å². The molecule has 1 aromatic rings. The van der Waals surface area contributed by atoms with E-state index in [-0.39, 0.29) is 13.1 Å². The second kappa shape index (κ2) is 7.65. The summed E-state index contributed by atoms with van der Waals surface area (Å²) in [5.74, 6) is -0.536. The molecule has 156 valence electrons. The molecular weight excluding hydrogens is 374 g/mol. The second-order valence-corrected chi connectivity index (χ2v) is 8.64. The third kappa shape index (κ3) is 4.07. The second-order valence-electron chi connectivity index (χ2n) is 8.64. The van der Waals surface area contributed by atoms with Crippen molar-refractivity contribution < 1.29 is 24.3 Å². The molecule has 0 aliphatic carbocycles. The number of hydrogen-bond acceptors (Lipinski definition) is 7. The molecule has 2 aliphatic rings. The monoisotopic (exact) mass is 401 g/mol. The van der Waals surface area contributed by atoms with Gasteiger partial charge in [-0.15, -0.1) is 5.06 Å². The van der Waals surface area contributed by atoms with E-state index in [9.17, 15) is 20.0 Å². The molecule has 1 aromatic carbocycles. The van der Waals surface area contributed by atoms with Gasteiger partial charge in [0.15, 0.2) is 5.54 Å². The number of carbonyl (C=O) groups is 2. The molecule has 8 heteroatoms. The smallest absolute Gasteiger partial charge is 0.411 e. The summed E-state index contributed by atoms with van der Waals surface area (Å²) in [4.78, 5) is 31.6. The Labute approximate surface area is 170 Å². The molecule has 0 radical (unpaired) electrons. The lowest BCUT2D eigenvalue weighted by Gasteiger charge is -2.57. The zero-order valence-electron chi connectivity index (χ0n) is 17.1. The molecule has 1 unspecified atom stereocenters. The summed E-state index contributed by atoms with van der Waals surface area (Å²) in [5, 5.41) is 22.6. The van der Waals surface area contributed by atoms with E-state index in [1.807, 2.05) is 0 Å². The first-order chi connectivity index (χ1) is 13.6. The number of carbonyl (C=O) groups excluding carboxylic acids is 2. The van der Waals surface area contributed by atoms with Crippen LogP contribution in [0.25, 0.3) is 0 Å². The zero-order valence-corrected chi connectivity index (χ0v) is 17.1. The van der Waals surface area contributed by atoms with Crippen molar-refractivity contribution in [1.82, 2.24) is 9.96 Å². The maximum absolute atomic E-state index is 12.8. The van der Waals surface area contributed by atoms with Crippen molar-refractivity contribution in [1.29, 1.82) is 5.26 Å². The van der Waals surface area contributed by atoms with Crippen molar-refractivity contribution in [2.24, 2.45) is 0 Å². The Bertz CT molecular complexity index is 808. The van der Waals surface area contributed by atoms with E-state index < -0.39 is 28.8 Å². The molecule has 0 spiro atoms. The molecule has 1 N–H and O–H groups in total. The first kappa shape index (κ1) is 21.1. The summed E-state index contributed by atoms with van der Waals surface area (Å²) >= 11 is 0. The maximum atomic E-state index is 12.8. The highest BCUT2D eigenvalue weighted by Gasteiger charge is 2.64. The van der Waals surface area contributed by atoms with Crippen LogP contribution >= 0.6 is 0 Å². The predicted octanol–water partition coefficient (Wildman–Crippen LogP) is 2.49. The molecule has 2 heterocycles. The third-order valence-corrected chi connectivity index (χ3v) is 5.30. The minimum Gasteiger partial charge on any atom is -0.444 e. The van der Waals surface area contributed by atoms with Crippen molar-refractivity contribution in [2.45, 2.75) is 56.8 Å². The number of benzene rings is 1. The standard InChI is InChI=1S/C21H27N3O5/c1-19(2,3)28-18(26)24-12-8-7-11-20(24,13-22)21(27)14-23(15-21)29-17(25)16-9-5-4-6-10-16/h4-6,9-10,27H,7-8,11-12,14-15H2,1-3H3. The average Bonchev–Trinajstić information content (AvgIpc) is 2.65. The van der Waals surface area contributed by atoms with Gasteiger partial charge in [0.2, 0.25) is 0 Å². The summed E-state index contributed by atoms with van der Waals surface area (Å²) in [6.45, 7) is 5.48. The van der Waals surface area contributed by atoms with Crippen LogP contribution in [0, 0.1) is 11.3 Å². The van der Waals surface area contributed by atoms with Crippen LogP contribution in [0.15, 0.2) is 30.3 Å². The Morgan fingerprint density at radius 1 is 1.17 bits per heavy atom. The largest absolute Gasteiger partial charge is 0.444 e. The van der Waals surface area contributed by atoms with Crippen LogP contribution in [0.5, 0.6) is 0 Å². The van der Waals surface area contributed by atoms with Crippen LogP contribution in [0.4, 0.5) is 4.79 Å². The number of ether oxygens (including phenoxy) is 1. The lowest BCUT2D eigenvalue weighted by atomic mass is 9.70. The topological polar surface area (TPSA) is 103 Å². The lowest BCUT2D eigenvalue weighted by molar-refractivity contribution is -0.271. The fourth-order valence-corrected chi connectivity index (χ4v) is 3.85. The fraction of sp³-hybridized carbons (Fsp3) is 0.571. The molecule has 2 aliphatic heterocycles.